The molecule has 7 nitrogen and oxygen atoms in total. The number of nitrogens with zero attached hydrogens (tertiary/aromatic N) is 3. The first-order valence-electron chi connectivity index (χ1n) is 6.82. The molecule has 0 bridgehead atoms. The van der Waals surface area contributed by atoms with Crippen LogP contribution in [0.4, 0.5) is 0 Å². The van der Waals surface area contributed by atoms with Gasteiger partial charge in [0.05, 0.1) is 26.6 Å². The highest BCUT2D eigenvalue weighted by molar-refractivity contribution is 7.99. The van der Waals surface area contributed by atoms with E-state index in [1.165, 1.54) is 26.5 Å². The molecule has 122 valence electrons. The molecular weight excluding hydrogens is 306 g/mol. The van der Waals surface area contributed by atoms with Crippen molar-refractivity contribution in [3.05, 3.63) is 25.3 Å². The summed E-state index contributed by atoms with van der Waals surface area (Å²) in [7, 11) is 0. The van der Waals surface area contributed by atoms with Crippen molar-refractivity contribution in [1.82, 2.24) is 14.7 Å². The maximum Gasteiger partial charge on any atom is 0.248 e. The summed E-state index contributed by atoms with van der Waals surface area (Å²) in [5.41, 5.74) is 0. The van der Waals surface area contributed by atoms with Crippen LogP contribution in [0.5, 0.6) is 0 Å². The van der Waals surface area contributed by atoms with Crippen LogP contribution in [-0.4, -0.2) is 75.6 Å². The van der Waals surface area contributed by atoms with Gasteiger partial charge in [-0.3, -0.25) is 14.4 Å². The van der Waals surface area contributed by atoms with E-state index in [0.717, 1.165) is 12.2 Å². The van der Waals surface area contributed by atoms with Gasteiger partial charge in [0.25, 0.3) is 0 Å². The highest BCUT2D eigenvalue weighted by atomic mass is 32.2. The van der Waals surface area contributed by atoms with Crippen LogP contribution in [0.15, 0.2) is 25.3 Å². The van der Waals surface area contributed by atoms with Crippen LogP contribution in [0.1, 0.15) is 6.42 Å². The Morgan fingerprint density at radius 2 is 1.45 bits per heavy atom. The van der Waals surface area contributed by atoms with Crippen molar-refractivity contribution < 1.29 is 19.5 Å². The minimum absolute atomic E-state index is 0.0752. The molecule has 0 aromatic heterocycles. The van der Waals surface area contributed by atoms with Crippen molar-refractivity contribution in [3.8, 4) is 0 Å². The van der Waals surface area contributed by atoms with Gasteiger partial charge in [0.1, 0.15) is 0 Å². The number of thioether (sulfide) groups is 1. The number of rotatable bonds is 7. The second kappa shape index (κ2) is 9.26. The average molecular weight is 327 g/mol. The topological polar surface area (TPSA) is 81.2 Å². The number of amides is 3. The Balaban J connectivity index is 2.68. The molecule has 1 heterocycles. The van der Waals surface area contributed by atoms with Gasteiger partial charge >= 0.3 is 0 Å². The molecular formula is C14H21N3O4S. The number of hydrogen-bond acceptors (Lipinski definition) is 5. The molecule has 1 aliphatic heterocycles. The van der Waals surface area contributed by atoms with E-state index in [-0.39, 0.29) is 50.8 Å². The first kappa shape index (κ1) is 18.2. The van der Waals surface area contributed by atoms with E-state index in [9.17, 15) is 14.4 Å². The minimum Gasteiger partial charge on any atom is -0.396 e. The van der Waals surface area contributed by atoms with Gasteiger partial charge in [-0.1, -0.05) is 13.2 Å². The van der Waals surface area contributed by atoms with E-state index in [4.69, 9.17) is 5.11 Å². The van der Waals surface area contributed by atoms with Crippen LogP contribution in [-0.2, 0) is 14.4 Å². The summed E-state index contributed by atoms with van der Waals surface area (Å²) in [4.78, 5) is 39.9. The molecule has 0 spiro atoms. The number of aliphatic hydroxyl groups excluding tert-OH is 1. The second-order valence-corrected chi connectivity index (χ2v) is 5.83. The van der Waals surface area contributed by atoms with E-state index < -0.39 is 0 Å². The Morgan fingerprint density at radius 1 is 0.955 bits per heavy atom. The second-order valence-electron chi connectivity index (χ2n) is 4.61. The van der Waals surface area contributed by atoms with Gasteiger partial charge < -0.3 is 19.8 Å². The summed E-state index contributed by atoms with van der Waals surface area (Å²) in [6.45, 7) is 7.29. The summed E-state index contributed by atoms with van der Waals surface area (Å²) in [6.07, 6.45) is 2.60. The molecule has 1 rings (SSSR count). The smallest absolute Gasteiger partial charge is 0.248 e. The van der Waals surface area contributed by atoms with Gasteiger partial charge in [0, 0.05) is 17.9 Å². The van der Waals surface area contributed by atoms with Crippen molar-refractivity contribution in [2.75, 3.05) is 38.1 Å². The molecule has 1 fully saturated rings. The largest absolute Gasteiger partial charge is 0.396 e. The lowest BCUT2D eigenvalue weighted by Crippen LogP contribution is -2.59. The fourth-order valence-corrected chi connectivity index (χ4v) is 2.58. The Kier molecular flexibility index (Phi) is 7.69. The first-order valence-corrected chi connectivity index (χ1v) is 7.98. The normalized spacial score (nSPS) is 14.7. The standard InChI is InChI=1S/C14H21N3O4S/c1-3-12(19)15-9-16(13(20)4-2)11-17(10-15)14(21)5-7-22-8-6-18/h3-4,18H,1-2,5-11H2. The number of aliphatic hydroxyl groups is 1. The lowest BCUT2D eigenvalue weighted by Gasteiger charge is -2.41. The Morgan fingerprint density at radius 3 is 1.91 bits per heavy atom. The number of carbonyl (C=O) groups excluding carboxylic acids is 3. The van der Waals surface area contributed by atoms with E-state index >= 15 is 0 Å². The highest BCUT2D eigenvalue weighted by Crippen LogP contribution is 2.12. The molecule has 1 N–H and O–H groups in total. The van der Waals surface area contributed by atoms with Crippen molar-refractivity contribution in [3.63, 3.8) is 0 Å². The lowest BCUT2D eigenvalue weighted by molar-refractivity contribution is -0.154. The molecule has 0 saturated carbocycles. The predicted octanol–water partition coefficient (Wildman–Crippen LogP) is -0.154. The maximum atomic E-state index is 12.2. The molecule has 0 aliphatic carbocycles. The molecule has 0 atom stereocenters. The van der Waals surface area contributed by atoms with Crippen LogP contribution in [0.2, 0.25) is 0 Å². The van der Waals surface area contributed by atoms with Crippen molar-refractivity contribution in [2.45, 2.75) is 6.42 Å². The molecule has 8 heteroatoms. The van der Waals surface area contributed by atoms with Gasteiger partial charge in [-0.25, -0.2) is 0 Å². The molecule has 0 radical (unpaired) electrons. The molecule has 1 saturated heterocycles. The van der Waals surface area contributed by atoms with Gasteiger partial charge in [0.15, 0.2) is 0 Å². The van der Waals surface area contributed by atoms with Crippen LogP contribution < -0.4 is 0 Å². The highest BCUT2D eigenvalue weighted by Gasteiger charge is 2.29. The molecule has 0 aromatic carbocycles. The minimum atomic E-state index is -0.339. The number of hydrogen-bond donors (Lipinski definition) is 1. The summed E-state index contributed by atoms with van der Waals surface area (Å²) in [6, 6.07) is 0. The lowest BCUT2D eigenvalue weighted by atomic mass is 10.3. The third-order valence-corrected chi connectivity index (χ3v) is 4.01. The zero-order valence-corrected chi connectivity index (χ0v) is 13.3. The average Bonchev–Trinajstić information content (AvgIpc) is 2.56. The Hall–Kier alpha value is -1.80. The molecule has 0 unspecified atom stereocenters. The first-order chi connectivity index (χ1) is 10.5. The fourth-order valence-electron chi connectivity index (χ4n) is 1.93. The molecule has 3 amide bonds. The van der Waals surface area contributed by atoms with E-state index in [1.54, 1.807) is 0 Å². The Labute approximate surface area is 134 Å². The van der Waals surface area contributed by atoms with E-state index in [2.05, 4.69) is 13.2 Å². The number of carbonyl (C=O) groups is 3. The van der Waals surface area contributed by atoms with Crippen LogP contribution in [0, 0.1) is 0 Å². The maximum absolute atomic E-state index is 12.2. The third kappa shape index (κ3) is 5.19. The van der Waals surface area contributed by atoms with Crippen LogP contribution in [0.25, 0.3) is 0 Å². The molecule has 0 aromatic rings. The van der Waals surface area contributed by atoms with Gasteiger partial charge in [-0.05, 0) is 12.2 Å². The molecule has 1 aliphatic rings. The summed E-state index contributed by atoms with van der Waals surface area (Å²) in [5, 5.41) is 8.70. The SMILES string of the molecule is C=CC(=O)N1CN(C(=O)C=C)CN(C(=O)CCSCCO)C1. The summed E-state index contributed by atoms with van der Waals surface area (Å²) >= 11 is 1.48. The fraction of sp³-hybridized carbons (Fsp3) is 0.500. The van der Waals surface area contributed by atoms with Crippen molar-refractivity contribution >= 4 is 29.5 Å². The van der Waals surface area contributed by atoms with Crippen LogP contribution in [0.3, 0.4) is 0 Å². The van der Waals surface area contributed by atoms with Crippen LogP contribution >= 0.6 is 11.8 Å². The van der Waals surface area contributed by atoms with Crippen molar-refractivity contribution in [1.29, 1.82) is 0 Å². The molecule has 22 heavy (non-hydrogen) atoms. The zero-order valence-electron chi connectivity index (χ0n) is 12.4. The summed E-state index contributed by atoms with van der Waals surface area (Å²) in [5.74, 6) is 0.341. The van der Waals surface area contributed by atoms with E-state index in [0.29, 0.717) is 11.5 Å². The van der Waals surface area contributed by atoms with Crippen molar-refractivity contribution in [2.24, 2.45) is 0 Å². The predicted molar refractivity (Wildman–Crippen MR) is 84.6 cm³/mol. The third-order valence-electron chi connectivity index (χ3n) is 3.05. The van der Waals surface area contributed by atoms with Gasteiger partial charge in [0.2, 0.25) is 17.7 Å². The quantitative estimate of drug-likeness (QED) is 0.519. The Bertz CT molecular complexity index is 427. The zero-order chi connectivity index (χ0) is 16.5. The monoisotopic (exact) mass is 327 g/mol. The van der Waals surface area contributed by atoms with E-state index in [1.807, 2.05) is 0 Å². The summed E-state index contributed by atoms with van der Waals surface area (Å²) < 4.78 is 0. The van der Waals surface area contributed by atoms with Gasteiger partial charge in [-0.2, -0.15) is 11.8 Å². The van der Waals surface area contributed by atoms with Gasteiger partial charge in [-0.15, -0.1) is 0 Å².